The Morgan fingerprint density at radius 1 is 1.16 bits per heavy atom. The third-order valence-electron chi connectivity index (χ3n) is 3.72. The normalized spacial score (nSPS) is 11.4. The Morgan fingerprint density at radius 2 is 1.89 bits per heavy atom. The summed E-state index contributed by atoms with van der Waals surface area (Å²) in [5.74, 6) is 0. The average molecular weight is 260 g/mol. The summed E-state index contributed by atoms with van der Waals surface area (Å²) in [6.45, 7) is 6.17. The molecule has 0 unspecified atom stereocenters. The Morgan fingerprint density at radius 3 is 2.58 bits per heavy atom. The third kappa shape index (κ3) is 2.82. The number of rotatable bonds is 6. The minimum absolute atomic E-state index is 0.239. The monoisotopic (exact) mass is 260 g/mol. The van der Waals surface area contributed by atoms with E-state index in [2.05, 4.69) is 36.7 Å². The van der Waals surface area contributed by atoms with E-state index >= 15 is 0 Å². The van der Waals surface area contributed by atoms with Gasteiger partial charge in [-0.1, -0.05) is 12.1 Å². The van der Waals surface area contributed by atoms with E-state index in [1.807, 2.05) is 0 Å². The highest BCUT2D eigenvalue weighted by Gasteiger charge is 2.12. The molecule has 1 aromatic heterocycles. The van der Waals surface area contributed by atoms with E-state index < -0.39 is 0 Å². The van der Waals surface area contributed by atoms with Gasteiger partial charge in [0.25, 0.3) is 0 Å². The summed E-state index contributed by atoms with van der Waals surface area (Å²) in [4.78, 5) is 0. The molecule has 0 saturated heterocycles. The second-order valence-electron chi connectivity index (χ2n) is 5.24. The Bertz CT molecular complexity index is 509. The van der Waals surface area contributed by atoms with E-state index in [1.54, 1.807) is 0 Å². The first kappa shape index (κ1) is 14.1. The Hall–Kier alpha value is -1.32. The number of nitrogens with zero attached hydrogens (tertiary/aromatic N) is 1. The summed E-state index contributed by atoms with van der Waals surface area (Å²) in [5, 5.41) is 10.4. The van der Waals surface area contributed by atoms with Crippen LogP contribution in [0.5, 0.6) is 0 Å². The van der Waals surface area contributed by atoms with E-state index in [-0.39, 0.29) is 6.61 Å². The van der Waals surface area contributed by atoms with Gasteiger partial charge >= 0.3 is 0 Å². The molecule has 0 bridgehead atoms. The van der Waals surface area contributed by atoms with Crippen LogP contribution in [0.2, 0.25) is 0 Å². The molecule has 0 aliphatic heterocycles. The molecule has 0 atom stereocenters. The highest BCUT2D eigenvalue weighted by molar-refractivity contribution is 5.89. The molecule has 3 N–H and O–H groups in total. The molecule has 2 aromatic rings. The van der Waals surface area contributed by atoms with E-state index in [9.17, 15) is 0 Å². The maximum Gasteiger partial charge on any atom is 0.0515 e. The molecule has 0 aliphatic carbocycles. The first-order chi connectivity index (χ1) is 9.19. The van der Waals surface area contributed by atoms with Gasteiger partial charge < -0.3 is 15.4 Å². The van der Waals surface area contributed by atoms with Gasteiger partial charge in [-0.15, -0.1) is 0 Å². The summed E-state index contributed by atoms with van der Waals surface area (Å²) in [7, 11) is 0. The predicted octanol–water partition coefficient (Wildman–Crippen LogP) is 2.53. The zero-order valence-electron chi connectivity index (χ0n) is 11.9. The first-order valence-electron chi connectivity index (χ1n) is 7.08. The smallest absolute Gasteiger partial charge is 0.0515 e. The molecular formula is C16H24N2O. The number of hydrogen-bond donors (Lipinski definition) is 2. The fourth-order valence-corrected chi connectivity index (χ4v) is 2.79. The van der Waals surface area contributed by atoms with Gasteiger partial charge in [-0.05, 0) is 56.3 Å². The second-order valence-corrected chi connectivity index (χ2v) is 5.24. The lowest BCUT2D eigenvalue weighted by atomic mass is 10.0. The van der Waals surface area contributed by atoms with Crippen LogP contribution in [-0.4, -0.2) is 22.8 Å². The van der Waals surface area contributed by atoms with E-state index in [4.69, 9.17) is 10.8 Å². The van der Waals surface area contributed by atoms with Crippen molar-refractivity contribution in [1.29, 1.82) is 0 Å². The number of aromatic nitrogens is 1. The van der Waals surface area contributed by atoms with Gasteiger partial charge in [0.2, 0.25) is 0 Å². The fraction of sp³-hybridized carbons (Fsp3) is 0.500. The van der Waals surface area contributed by atoms with Gasteiger partial charge in [-0.2, -0.15) is 0 Å². The molecule has 0 radical (unpaired) electrons. The number of aliphatic hydroxyl groups is 1. The standard InChI is InChI=1S/C16H24N2O/c1-12-6-7-13(2)16-15(12)14(5-3-8-17)11-18(16)9-4-10-19/h6-7,11,19H,3-5,8-10,17H2,1-2H3. The van der Waals surface area contributed by atoms with Crippen molar-refractivity contribution >= 4 is 10.9 Å². The molecular weight excluding hydrogens is 236 g/mol. The van der Waals surface area contributed by atoms with Gasteiger partial charge in [0.1, 0.15) is 0 Å². The highest BCUT2D eigenvalue weighted by Crippen LogP contribution is 2.28. The predicted molar refractivity (Wildman–Crippen MR) is 80.5 cm³/mol. The van der Waals surface area contributed by atoms with E-state index in [0.717, 1.165) is 32.4 Å². The maximum absolute atomic E-state index is 9.04. The van der Waals surface area contributed by atoms with Gasteiger partial charge in [0, 0.05) is 24.7 Å². The minimum atomic E-state index is 0.239. The van der Waals surface area contributed by atoms with Crippen LogP contribution in [0.3, 0.4) is 0 Å². The van der Waals surface area contributed by atoms with Crippen molar-refractivity contribution < 1.29 is 5.11 Å². The molecule has 0 fully saturated rings. The zero-order chi connectivity index (χ0) is 13.8. The number of aliphatic hydroxyl groups excluding tert-OH is 1. The lowest BCUT2D eigenvalue weighted by Gasteiger charge is -2.07. The van der Waals surface area contributed by atoms with Crippen molar-refractivity contribution in [3.05, 3.63) is 35.0 Å². The summed E-state index contributed by atoms with van der Waals surface area (Å²) in [6, 6.07) is 4.37. The van der Waals surface area contributed by atoms with Gasteiger partial charge in [0.05, 0.1) is 5.52 Å². The quantitative estimate of drug-likeness (QED) is 0.838. The van der Waals surface area contributed by atoms with Crippen LogP contribution in [0.4, 0.5) is 0 Å². The van der Waals surface area contributed by atoms with Crippen molar-refractivity contribution in [2.75, 3.05) is 13.2 Å². The summed E-state index contributed by atoms with van der Waals surface area (Å²) >= 11 is 0. The summed E-state index contributed by atoms with van der Waals surface area (Å²) in [5.41, 5.74) is 11.0. The molecule has 104 valence electrons. The topological polar surface area (TPSA) is 51.2 Å². The molecule has 19 heavy (non-hydrogen) atoms. The van der Waals surface area contributed by atoms with Gasteiger partial charge in [-0.25, -0.2) is 0 Å². The average Bonchev–Trinajstić information content (AvgIpc) is 2.78. The fourth-order valence-electron chi connectivity index (χ4n) is 2.79. The SMILES string of the molecule is Cc1ccc(C)c2c1c(CCCN)cn2CCCO. The number of hydrogen-bond acceptors (Lipinski definition) is 2. The van der Waals surface area contributed by atoms with Gasteiger partial charge in [0.15, 0.2) is 0 Å². The minimum Gasteiger partial charge on any atom is -0.396 e. The first-order valence-corrected chi connectivity index (χ1v) is 7.08. The number of fused-ring (bicyclic) bond motifs is 1. The lowest BCUT2D eigenvalue weighted by Crippen LogP contribution is -2.00. The largest absolute Gasteiger partial charge is 0.396 e. The van der Waals surface area contributed by atoms with Crippen LogP contribution in [-0.2, 0) is 13.0 Å². The molecule has 1 heterocycles. The summed E-state index contributed by atoms with van der Waals surface area (Å²) < 4.78 is 2.29. The molecule has 3 nitrogen and oxygen atoms in total. The van der Waals surface area contributed by atoms with Crippen LogP contribution in [0, 0.1) is 13.8 Å². The Labute approximate surface area is 115 Å². The molecule has 1 aromatic carbocycles. The number of aryl methyl sites for hydroxylation is 4. The molecule has 0 amide bonds. The molecule has 0 spiro atoms. The number of nitrogens with two attached hydrogens (primary N) is 1. The number of benzene rings is 1. The van der Waals surface area contributed by atoms with Crippen molar-refractivity contribution in [3.8, 4) is 0 Å². The molecule has 2 rings (SSSR count). The van der Waals surface area contributed by atoms with Crippen molar-refractivity contribution in [2.45, 2.75) is 39.7 Å². The molecule has 0 saturated carbocycles. The van der Waals surface area contributed by atoms with Crippen LogP contribution in [0.15, 0.2) is 18.3 Å². The lowest BCUT2D eigenvalue weighted by molar-refractivity contribution is 0.280. The molecule has 0 aliphatic rings. The van der Waals surface area contributed by atoms with E-state index in [0.29, 0.717) is 0 Å². The van der Waals surface area contributed by atoms with Crippen LogP contribution in [0.25, 0.3) is 10.9 Å². The highest BCUT2D eigenvalue weighted by atomic mass is 16.3. The van der Waals surface area contributed by atoms with Gasteiger partial charge in [-0.3, -0.25) is 0 Å². The second kappa shape index (κ2) is 6.22. The third-order valence-corrected chi connectivity index (χ3v) is 3.72. The van der Waals surface area contributed by atoms with E-state index in [1.165, 1.54) is 27.6 Å². The zero-order valence-corrected chi connectivity index (χ0v) is 11.9. The Kier molecular flexibility index (Phi) is 4.61. The van der Waals surface area contributed by atoms with Crippen LogP contribution in [0.1, 0.15) is 29.5 Å². The maximum atomic E-state index is 9.04. The van der Waals surface area contributed by atoms with Crippen molar-refractivity contribution in [1.82, 2.24) is 4.57 Å². The summed E-state index contributed by atoms with van der Waals surface area (Å²) in [6.07, 6.45) is 5.10. The van der Waals surface area contributed by atoms with Crippen LogP contribution < -0.4 is 5.73 Å². The van der Waals surface area contributed by atoms with Crippen molar-refractivity contribution in [2.24, 2.45) is 5.73 Å². The van der Waals surface area contributed by atoms with Crippen LogP contribution >= 0.6 is 0 Å². The molecule has 3 heteroatoms. The Balaban J connectivity index is 2.52. The van der Waals surface area contributed by atoms with Crippen molar-refractivity contribution in [3.63, 3.8) is 0 Å².